The minimum absolute atomic E-state index is 0.0120. The highest BCUT2D eigenvalue weighted by molar-refractivity contribution is 6.02. The molecule has 2 amide bonds. The third-order valence-corrected chi connectivity index (χ3v) is 16.4. The highest BCUT2D eigenvalue weighted by atomic mass is 19.3. The summed E-state index contributed by atoms with van der Waals surface area (Å²) in [6.45, 7) is 27.1. The molecule has 0 spiro atoms. The fraction of sp³-hybridized carbons (Fsp3) is 0.700. The number of aryl methyl sites for hydroxylation is 1. The molecule has 6 aliphatic heterocycles. The van der Waals surface area contributed by atoms with Crippen LogP contribution in [0.25, 0.3) is 5.57 Å². The molecule has 2 N–H and O–H groups in total. The number of nitrogens with one attached hydrogen (secondary N) is 2. The number of fused-ring (bicyclic) bond motifs is 2. The topological polar surface area (TPSA) is 116 Å². The van der Waals surface area contributed by atoms with Gasteiger partial charge in [0.2, 0.25) is 11.9 Å². The van der Waals surface area contributed by atoms with Crippen LogP contribution in [0.2, 0.25) is 0 Å². The molecule has 0 bridgehead atoms. The number of rotatable bonds is 8. The van der Waals surface area contributed by atoms with Crippen LogP contribution in [0.1, 0.15) is 128 Å². The summed E-state index contributed by atoms with van der Waals surface area (Å²) >= 11 is 0. The zero-order chi connectivity index (χ0) is 46.4. The lowest BCUT2D eigenvalue weighted by molar-refractivity contribution is -0.131. The molecule has 65 heavy (non-hydrogen) atoms. The third-order valence-electron chi connectivity index (χ3n) is 16.4. The molecule has 1 aliphatic carbocycles. The van der Waals surface area contributed by atoms with Crippen LogP contribution in [0, 0.1) is 33.5 Å². The van der Waals surface area contributed by atoms with Crippen molar-refractivity contribution in [3.8, 4) is 0 Å². The zero-order valence-corrected chi connectivity index (χ0v) is 40.6. The molecule has 4 fully saturated rings. The van der Waals surface area contributed by atoms with Gasteiger partial charge in [-0.3, -0.25) is 14.6 Å². The molecule has 1 saturated carbocycles. The average Bonchev–Trinajstić information content (AvgIpc) is 3.86. The number of carbonyl (C=O) groups is 2. The number of piperidine rings is 3. The van der Waals surface area contributed by atoms with Gasteiger partial charge in [0.05, 0.1) is 17.5 Å². The molecular weight excluding hydrogens is 825 g/mol. The van der Waals surface area contributed by atoms with Crippen molar-refractivity contribution in [2.45, 2.75) is 125 Å². The fourth-order valence-electron chi connectivity index (χ4n) is 13.8. The van der Waals surface area contributed by atoms with Crippen LogP contribution in [0.15, 0.2) is 35.8 Å². The van der Waals surface area contributed by atoms with E-state index < -0.39 is 6.43 Å². The number of likely N-dealkylation sites (tertiary alicyclic amines) is 2. The Kier molecular flexibility index (Phi) is 11.8. The lowest BCUT2D eigenvalue weighted by Crippen LogP contribution is -2.63. The number of carbonyl (C=O) groups excluding carboxylic acids is 2. The number of anilines is 2. The number of alkyl halides is 2. The van der Waals surface area contributed by atoms with Crippen molar-refractivity contribution in [3.63, 3.8) is 0 Å². The monoisotopic (exact) mass is 898 g/mol. The number of aromatic nitrogens is 2. The summed E-state index contributed by atoms with van der Waals surface area (Å²) in [6, 6.07) is 4.25. The minimum atomic E-state index is -2.61. The van der Waals surface area contributed by atoms with E-state index in [0.717, 1.165) is 93.9 Å². The van der Waals surface area contributed by atoms with Gasteiger partial charge in [-0.2, -0.15) is 5.10 Å². The fourth-order valence-corrected chi connectivity index (χ4v) is 13.8. The van der Waals surface area contributed by atoms with E-state index in [4.69, 9.17) is 15.1 Å². The molecule has 354 valence electrons. The molecule has 3 saturated heterocycles. The van der Waals surface area contributed by atoms with Crippen molar-refractivity contribution in [2.75, 3.05) is 75.8 Å². The minimum Gasteiger partial charge on any atom is -0.348 e. The number of amides is 2. The van der Waals surface area contributed by atoms with Gasteiger partial charge in [0.25, 0.3) is 12.3 Å². The lowest BCUT2D eigenvalue weighted by Gasteiger charge is -2.57. The number of hydrogen-bond donors (Lipinski definition) is 2. The maximum absolute atomic E-state index is 14.8. The van der Waals surface area contributed by atoms with Gasteiger partial charge in [-0.15, -0.1) is 0 Å². The first-order valence-electron chi connectivity index (χ1n) is 24.2. The van der Waals surface area contributed by atoms with Crippen LogP contribution in [-0.2, 0) is 11.2 Å². The Labute approximate surface area is 385 Å². The van der Waals surface area contributed by atoms with E-state index in [1.165, 1.54) is 0 Å². The molecule has 1 aromatic heterocycles. The van der Waals surface area contributed by atoms with Crippen molar-refractivity contribution in [2.24, 2.45) is 38.6 Å². The maximum atomic E-state index is 14.8. The molecule has 15 heteroatoms. The Balaban J connectivity index is 0.874. The molecule has 2 aromatic rings. The third kappa shape index (κ3) is 8.61. The van der Waals surface area contributed by atoms with Gasteiger partial charge >= 0.3 is 0 Å². The maximum Gasteiger partial charge on any atom is 0.264 e. The molecule has 7 heterocycles. The molecule has 13 nitrogen and oxygen atoms in total. The number of benzene rings is 1. The summed E-state index contributed by atoms with van der Waals surface area (Å²) in [7, 11) is 1.89. The second kappa shape index (κ2) is 16.7. The van der Waals surface area contributed by atoms with E-state index in [0.29, 0.717) is 49.2 Å². The predicted molar refractivity (Wildman–Crippen MR) is 252 cm³/mol. The number of halogens is 2. The van der Waals surface area contributed by atoms with Gasteiger partial charge in [-0.1, -0.05) is 55.4 Å². The van der Waals surface area contributed by atoms with Crippen molar-refractivity contribution in [3.05, 3.63) is 53.0 Å². The second-order valence-electron chi connectivity index (χ2n) is 23.2. The summed E-state index contributed by atoms with van der Waals surface area (Å²) in [4.78, 5) is 44.7. The van der Waals surface area contributed by atoms with Gasteiger partial charge in [0.15, 0.2) is 0 Å². The molecule has 0 radical (unpaired) electrons. The van der Waals surface area contributed by atoms with E-state index >= 15 is 0 Å². The molecular formula is C50H73F2N11O2. The van der Waals surface area contributed by atoms with Gasteiger partial charge in [-0.05, 0) is 94.9 Å². The number of amidine groups is 1. The molecule has 2 unspecified atom stereocenters. The predicted octanol–water partition coefficient (Wildman–Crippen LogP) is 7.03. The molecule has 9 rings (SSSR count). The van der Waals surface area contributed by atoms with Gasteiger partial charge in [0.1, 0.15) is 5.84 Å². The highest BCUT2D eigenvalue weighted by Crippen LogP contribution is 2.54. The van der Waals surface area contributed by atoms with E-state index in [-0.39, 0.29) is 63.1 Å². The Hall–Kier alpha value is -4.37. The quantitative estimate of drug-likeness (QED) is 0.286. The summed E-state index contributed by atoms with van der Waals surface area (Å²) < 4.78 is 29.7. The van der Waals surface area contributed by atoms with Gasteiger partial charge in [0, 0.05) is 115 Å². The summed E-state index contributed by atoms with van der Waals surface area (Å²) in [6.07, 6.45) is 8.30. The van der Waals surface area contributed by atoms with Crippen molar-refractivity contribution in [1.29, 1.82) is 0 Å². The number of hydrazine groups is 1. The van der Waals surface area contributed by atoms with Crippen LogP contribution in [0.4, 0.5) is 20.4 Å². The van der Waals surface area contributed by atoms with E-state index in [1.54, 1.807) is 25.4 Å². The van der Waals surface area contributed by atoms with E-state index in [9.17, 15) is 18.4 Å². The van der Waals surface area contributed by atoms with E-state index in [2.05, 4.69) is 85.8 Å². The van der Waals surface area contributed by atoms with Gasteiger partial charge < -0.3 is 29.9 Å². The molecule has 2 atom stereocenters. The van der Waals surface area contributed by atoms with Crippen LogP contribution >= 0.6 is 0 Å². The van der Waals surface area contributed by atoms with Crippen molar-refractivity contribution in [1.82, 2.24) is 40.5 Å². The van der Waals surface area contributed by atoms with Crippen LogP contribution in [-0.4, -0.2) is 132 Å². The molecule has 1 aromatic carbocycles. The summed E-state index contributed by atoms with van der Waals surface area (Å²) in [5.41, 5.74) is 7.25. The van der Waals surface area contributed by atoms with Crippen LogP contribution < -0.4 is 20.5 Å². The largest absolute Gasteiger partial charge is 0.348 e. The van der Waals surface area contributed by atoms with E-state index in [1.807, 2.05) is 29.2 Å². The Morgan fingerprint density at radius 2 is 1.58 bits per heavy atom. The molecule has 7 aliphatic rings. The van der Waals surface area contributed by atoms with Gasteiger partial charge in [-0.25, -0.2) is 24.2 Å². The van der Waals surface area contributed by atoms with Crippen molar-refractivity contribution < 1.29 is 18.4 Å². The lowest BCUT2D eigenvalue weighted by atomic mass is 9.52. The zero-order valence-electron chi connectivity index (χ0n) is 40.6. The van der Waals surface area contributed by atoms with Crippen molar-refractivity contribution >= 4 is 34.9 Å². The smallest absolute Gasteiger partial charge is 0.264 e. The first-order chi connectivity index (χ1) is 30.6. The SMILES string of the molecule is CC(=O)N1CCC2C(C1)C(N1CCCc3cc(C4=CN(C)NC4)c(C(F)F)cc31)=NN2C1CCN(CC2C(C)(C)CN(c3ncc(C(=O)NC4C(C)(C)CC4(C)C)cn3)CC2(C)C)CC1. The number of nitrogens with zero attached hydrogens (tertiary/aromatic N) is 9. The standard InChI is InChI=1S/C50H73F2N11O2/c1-31(64)60-19-15-39-38(26-60)43(62-16-11-12-32-20-36(34-24-55-58(10)25-34)37(42(51)52)21-40(32)62)57-63(39)35-13-17-59(18-14-35)27-41-49(6,7)29-61(30-50(41,8)9)46-53-22-33(23-54-46)44(65)56-45-47(2,3)28-48(45,4)5/h20-23,25,35,38-39,41-42,45,55H,11-19,24,26-30H2,1-10H3,(H,56,65). The Morgan fingerprint density at radius 1 is 0.908 bits per heavy atom. The number of hydrogen-bond acceptors (Lipinski definition) is 11. The second-order valence-corrected chi connectivity index (χ2v) is 23.2. The number of hydrazone groups is 1. The average molecular weight is 898 g/mol. The summed E-state index contributed by atoms with van der Waals surface area (Å²) in [5, 5.41) is 13.0. The van der Waals surface area contributed by atoms with Crippen LogP contribution in [0.5, 0.6) is 0 Å². The Morgan fingerprint density at radius 3 is 2.18 bits per heavy atom. The Bertz CT molecular complexity index is 2180. The highest BCUT2D eigenvalue weighted by Gasteiger charge is 2.54. The first kappa shape index (κ1) is 45.8. The first-order valence-corrected chi connectivity index (χ1v) is 24.2. The van der Waals surface area contributed by atoms with Crippen LogP contribution in [0.3, 0.4) is 0 Å². The normalized spacial score (nSPS) is 26.8. The summed E-state index contributed by atoms with van der Waals surface area (Å²) in [5.74, 6) is 2.00.